The van der Waals surface area contributed by atoms with Gasteiger partial charge in [0.25, 0.3) is 0 Å². The Morgan fingerprint density at radius 3 is 2.44 bits per heavy atom. The molecule has 84 valence electrons. The largest absolute Gasteiger partial charge is 0.380 e. The molecule has 0 fully saturated rings. The highest BCUT2D eigenvalue weighted by molar-refractivity contribution is 7.12. The quantitative estimate of drug-likeness (QED) is 0.865. The Morgan fingerprint density at radius 1 is 1.19 bits per heavy atom. The number of pyridine rings is 1. The summed E-state index contributed by atoms with van der Waals surface area (Å²) in [6.45, 7) is 5.79. The van der Waals surface area contributed by atoms with E-state index in [2.05, 4.69) is 4.98 Å². The molecular weight excluding hydrogens is 218 g/mol. The fourth-order valence-corrected chi connectivity index (χ4v) is 2.53. The number of nitrogens with zero attached hydrogens (tertiary/aromatic N) is 1. The molecule has 2 nitrogen and oxygen atoms in total. The first-order chi connectivity index (χ1) is 7.50. The van der Waals surface area contributed by atoms with Crippen molar-refractivity contribution in [2.45, 2.75) is 26.4 Å². The summed E-state index contributed by atoms with van der Waals surface area (Å²) >= 11 is 1.62. The second kappa shape index (κ2) is 4.00. The van der Waals surface area contributed by atoms with E-state index < -0.39 is 5.60 Å². The van der Waals surface area contributed by atoms with Gasteiger partial charge in [0.05, 0.1) is 0 Å². The predicted octanol–water partition coefficient (Wildman–Crippen LogP) is 3.02. The molecule has 0 aliphatic carbocycles. The number of thiophene rings is 1. The van der Waals surface area contributed by atoms with Crippen LogP contribution in [0.2, 0.25) is 0 Å². The molecule has 2 aromatic rings. The number of aryl methyl sites for hydroxylation is 2. The highest BCUT2D eigenvalue weighted by Crippen LogP contribution is 2.33. The van der Waals surface area contributed by atoms with Gasteiger partial charge in [-0.05, 0) is 39.0 Å². The molecule has 0 aliphatic heterocycles. The van der Waals surface area contributed by atoms with Crippen molar-refractivity contribution in [2.24, 2.45) is 0 Å². The van der Waals surface area contributed by atoms with Crippen molar-refractivity contribution in [1.82, 2.24) is 4.98 Å². The Labute approximate surface area is 99.6 Å². The van der Waals surface area contributed by atoms with Crippen LogP contribution in [0.1, 0.15) is 27.9 Å². The summed E-state index contributed by atoms with van der Waals surface area (Å²) in [6.07, 6.45) is 1.74. The van der Waals surface area contributed by atoms with E-state index in [1.54, 1.807) is 17.5 Å². The van der Waals surface area contributed by atoms with E-state index in [-0.39, 0.29) is 0 Å². The van der Waals surface area contributed by atoms with Crippen LogP contribution in [0.5, 0.6) is 0 Å². The fraction of sp³-hybridized carbons (Fsp3) is 0.308. The molecule has 16 heavy (non-hydrogen) atoms. The minimum absolute atomic E-state index is 0.833. The molecule has 0 aliphatic rings. The second-order valence-electron chi connectivity index (χ2n) is 4.17. The van der Waals surface area contributed by atoms with Gasteiger partial charge in [-0.25, -0.2) is 0 Å². The summed E-state index contributed by atoms with van der Waals surface area (Å²) < 4.78 is 0. The van der Waals surface area contributed by atoms with E-state index in [1.807, 2.05) is 45.0 Å². The standard InChI is InChI=1S/C13H15NOS/c1-9-4-6-11(8-14-9)13(3,15)12-7-5-10(2)16-12/h4-8,15H,1-3H3. The van der Waals surface area contributed by atoms with Gasteiger partial charge in [0, 0.05) is 27.2 Å². The van der Waals surface area contributed by atoms with Crippen molar-refractivity contribution in [3.05, 3.63) is 51.5 Å². The summed E-state index contributed by atoms with van der Waals surface area (Å²) in [5, 5.41) is 10.5. The zero-order valence-corrected chi connectivity index (χ0v) is 10.5. The van der Waals surface area contributed by atoms with Gasteiger partial charge in [0.15, 0.2) is 0 Å². The smallest absolute Gasteiger partial charge is 0.122 e. The first kappa shape index (κ1) is 11.3. The van der Waals surface area contributed by atoms with Crippen LogP contribution in [-0.4, -0.2) is 10.1 Å². The maximum Gasteiger partial charge on any atom is 0.122 e. The number of aromatic nitrogens is 1. The molecule has 0 aromatic carbocycles. The molecule has 0 saturated heterocycles. The van der Waals surface area contributed by atoms with Gasteiger partial charge >= 0.3 is 0 Å². The van der Waals surface area contributed by atoms with Gasteiger partial charge in [0.2, 0.25) is 0 Å². The van der Waals surface area contributed by atoms with Crippen LogP contribution in [-0.2, 0) is 5.60 Å². The van der Waals surface area contributed by atoms with E-state index >= 15 is 0 Å². The van der Waals surface area contributed by atoms with Crippen molar-refractivity contribution < 1.29 is 5.11 Å². The van der Waals surface area contributed by atoms with Gasteiger partial charge in [-0.2, -0.15) is 0 Å². The fourth-order valence-electron chi connectivity index (χ4n) is 1.59. The average Bonchev–Trinajstić information content (AvgIpc) is 2.66. The van der Waals surface area contributed by atoms with Crippen LogP contribution < -0.4 is 0 Å². The third-order valence-corrected chi connectivity index (χ3v) is 3.91. The molecule has 0 saturated carbocycles. The predicted molar refractivity (Wildman–Crippen MR) is 66.7 cm³/mol. The number of hydrogen-bond acceptors (Lipinski definition) is 3. The van der Waals surface area contributed by atoms with E-state index in [0.717, 1.165) is 16.1 Å². The molecule has 0 bridgehead atoms. The maximum atomic E-state index is 10.5. The van der Waals surface area contributed by atoms with E-state index in [1.165, 1.54) is 4.88 Å². The van der Waals surface area contributed by atoms with Crippen LogP contribution in [0, 0.1) is 13.8 Å². The van der Waals surface area contributed by atoms with Crippen molar-refractivity contribution in [2.75, 3.05) is 0 Å². The molecule has 2 heterocycles. The molecule has 0 spiro atoms. The third-order valence-electron chi connectivity index (χ3n) is 2.69. The van der Waals surface area contributed by atoms with E-state index in [9.17, 15) is 5.11 Å². The highest BCUT2D eigenvalue weighted by atomic mass is 32.1. The van der Waals surface area contributed by atoms with Crippen LogP contribution >= 0.6 is 11.3 Å². The summed E-state index contributed by atoms with van der Waals surface area (Å²) in [7, 11) is 0. The van der Waals surface area contributed by atoms with Crippen LogP contribution in [0.4, 0.5) is 0 Å². The Bertz CT molecular complexity index is 485. The minimum Gasteiger partial charge on any atom is -0.380 e. The topological polar surface area (TPSA) is 33.1 Å². The van der Waals surface area contributed by atoms with Gasteiger partial charge in [-0.1, -0.05) is 6.07 Å². The highest BCUT2D eigenvalue weighted by Gasteiger charge is 2.27. The second-order valence-corrected chi connectivity index (χ2v) is 5.46. The SMILES string of the molecule is Cc1ccc(C(C)(O)c2ccc(C)s2)cn1. The maximum absolute atomic E-state index is 10.5. The van der Waals surface area contributed by atoms with Crippen LogP contribution in [0.15, 0.2) is 30.5 Å². The lowest BCUT2D eigenvalue weighted by Gasteiger charge is -2.22. The molecule has 3 heteroatoms. The van der Waals surface area contributed by atoms with Crippen LogP contribution in [0.25, 0.3) is 0 Å². The molecule has 2 aromatic heterocycles. The molecule has 2 rings (SSSR count). The number of rotatable bonds is 2. The first-order valence-electron chi connectivity index (χ1n) is 5.22. The van der Waals surface area contributed by atoms with Gasteiger partial charge in [0.1, 0.15) is 5.60 Å². The van der Waals surface area contributed by atoms with E-state index in [0.29, 0.717) is 0 Å². The lowest BCUT2D eigenvalue weighted by Crippen LogP contribution is -2.21. The van der Waals surface area contributed by atoms with Gasteiger partial charge in [-0.3, -0.25) is 4.98 Å². The summed E-state index contributed by atoms with van der Waals surface area (Å²) in [5.74, 6) is 0. The average molecular weight is 233 g/mol. The lowest BCUT2D eigenvalue weighted by molar-refractivity contribution is 0.106. The lowest BCUT2D eigenvalue weighted by atomic mass is 9.96. The number of aliphatic hydroxyl groups is 1. The molecular formula is C13H15NOS. The summed E-state index contributed by atoms with van der Waals surface area (Å²) in [4.78, 5) is 6.38. The van der Waals surface area contributed by atoms with Crippen molar-refractivity contribution >= 4 is 11.3 Å². The molecule has 1 atom stereocenters. The van der Waals surface area contributed by atoms with Gasteiger partial charge in [-0.15, -0.1) is 11.3 Å². The Hall–Kier alpha value is -1.19. The zero-order chi connectivity index (χ0) is 11.8. The zero-order valence-electron chi connectivity index (χ0n) is 9.69. The Morgan fingerprint density at radius 2 is 1.94 bits per heavy atom. The van der Waals surface area contributed by atoms with Crippen molar-refractivity contribution in [1.29, 1.82) is 0 Å². The van der Waals surface area contributed by atoms with Crippen LogP contribution in [0.3, 0.4) is 0 Å². The Balaban J connectivity index is 2.42. The monoisotopic (exact) mass is 233 g/mol. The minimum atomic E-state index is -0.945. The molecule has 1 unspecified atom stereocenters. The third kappa shape index (κ3) is 2.01. The molecule has 1 N–H and O–H groups in total. The van der Waals surface area contributed by atoms with Crippen molar-refractivity contribution in [3.63, 3.8) is 0 Å². The molecule has 0 amide bonds. The Kier molecular flexibility index (Phi) is 2.82. The van der Waals surface area contributed by atoms with E-state index in [4.69, 9.17) is 0 Å². The van der Waals surface area contributed by atoms with Gasteiger partial charge < -0.3 is 5.11 Å². The first-order valence-corrected chi connectivity index (χ1v) is 6.04. The number of hydrogen-bond donors (Lipinski definition) is 1. The normalized spacial score (nSPS) is 14.8. The molecule has 0 radical (unpaired) electrons. The summed E-state index contributed by atoms with van der Waals surface area (Å²) in [5.41, 5.74) is 0.849. The summed E-state index contributed by atoms with van der Waals surface area (Å²) in [6, 6.07) is 7.84. The van der Waals surface area contributed by atoms with Crippen molar-refractivity contribution in [3.8, 4) is 0 Å².